The number of halogens is 1. The molecule has 0 aliphatic carbocycles. The molecule has 0 radical (unpaired) electrons. The Morgan fingerprint density at radius 3 is 2.62 bits per heavy atom. The molecule has 1 aliphatic heterocycles. The summed E-state index contributed by atoms with van der Waals surface area (Å²) in [5, 5.41) is 0. The van der Waals surface area contributed by atoms with Gasteiger partial charge in [-0.15, -0.1) is 0 Å². The minimum atomic E-state index is -0.444. The predicted octanol–water partition coefficient (Wildman–Crippen LogP) is 3.27. The summed E-state index contributed by atoms with van der Waals surface area (Å²) in [7, 11) is 0. The third-order valence-corrected chi connectivity index (χ3v) is 2.81. The van der Waals surface area contributed by atoms with Gasteiger partial charge in [0.25, 0.3) is 0 Å². The van der Waals surface area contributed by atoms with Gasteiger partial charge >= 0.3 is 6.09 Å². The molecule has 0 bridgehead atoms. The molecule has 1 atom stereocenters. The van der Waals surface area contributed by atoms with Gasteiger partial charge in [0, 0.05) is 13.0 Å². The van der Waals surface area contributed by atoms with Gasteiger partial charge < -0.3 is 12.7 Å². The van der Waals surface area contributed by atoms with Crippen molar-refractivity contribution in [1.82, 2.24) is 4.90 Å². The first-order chi connectivity index (χ1) is 7.33. The van der Waals surface area contributed by atoms with E-state index in [9.17, 15) is 4.79 Å². The van der Waals surface area contributed by atoms with E-state index in [4.69, 9.17) is 7.80 Å². The summed E-state index contributed by atoms with van der Waals surface area (Å²) in [6.45, 7) is 8.21. The van der Waals surface area contributed by atoms with Crippen LogP contribution in [0.1, 0.15) is 34.1 Å². The molecule has 4 nitrogen and oxygen atoms in total. The standard InChI is InChI=1S/C11H18INO3/c1-8-7-9(16-12)5-6-13(8)10(14)15-11(2,3)4/h7-8H,5-6H2,1-4H3. The van der Waals surface area contributed by atoms with E-state index in [1.165, 1.54) is 0 Å². The van der Waals surface area contributed by atoms with Gasteiger partial charge in [0.1, 0.15) is 11.4 Å². The zero-order chi connectivity index (χ0) is 12.3. The van der Waals surface area contributed by atoms with Crippen molar-refractivity contribution in [1.29, 1.82) is 0 Å². The second kappa shape index (κ2) is 5.25. The third-order valence-electron chi connectivity index (χ3n) is 2.24. The van der Waals surface area contributed by atoms with Gasteiger partial charge in [0.2, 0.25) is 0 Å². The lowest BCUT2D eigenvalue weighted by Gasteiger charge is -2.33. The van der Waals surface area contributed by atoms with E-state index in [0.717, 1.165) is 12.2 Å². The first kappa shape index (κ1) is 13.6. The number of carbonyl (C=O) groups excluding carboxylic acids is 1. The van der Waals surface area contributed by atoms with Crippen LogP contribution >= 0.6 is 23.0 Å². The summed E-state index contributed by atoms with van der Waals surface area (Å²) >= 11 is 1.86. The Balaban J connectivity index is 2.63. The molecule has 0 N–H and O–H groups in total. The fourth-order valence-corrected chi connectivity index (χ4v) is 1.89. The van der Waals surface area contributed by atoms with Crippen LogP contribution in [-0.4, -0.2) is 29.2 Å². The van der Waals surface area contributed by atoms with E-state index in [0.29, 0.717) is 6.54 Å². The summed E-state index contributed by atoms with van der Waals surface area (Å²) in [6.07, 6.45) is 2.43. The van der Waals surface area contributed by atoms with Crippen molar-refractivity contribution in [3.63, 3.8) is 0 Å². The first-order valence-corrected chi connectivity index (χ1v) is 6.20. The third kappa shape index (κ3) is 3.84. The minimum Gasteiger partial charge on any atom is -0.444 e. The van der Waals surface area contributed by atoms with Crippen LogP contribution < -0.4 is 0 Å². The lowest BCUT2D eigenvalue weighted by molar-refractivity contribution is 0.0196. The summed E-state index contributed by atoms with van der Waals surface area (Å²) in [5.74, 6) is 0.924. The van der Waals surface area contributed by atoms with E-state index < -0.39 is 5.60 Å². The van der Waals surface area contributed by atoms with E-state index >= 15 is 0 Å². The SMILES string of the molecule is CC1C=C(OI)CCN1C(=O)OC(C)(C)C. The van der Waals surface area contributed by atoms with Crippen LogP contribution in [0.4, 0.5) is 4.79 Å². The Labute approximate surface area is 111 Å². The summed E-state index contributed by atoms with van der Waals surface area (Å²) < 4.78 is 10.5. The maximum Gasteiger partial charge on any atom is 0.410 e. The predicted molar refractivity (Wildman–Crippen MR) is 70.2 cm³/mol. The fraction of sp³-hybridized carbons (Fsp3) is 0.727. The van der Waals surface area contributed by atoms with Gasteiger partial charge in [-0.1, -0.05) is 0 Å². The molecular formula is C11H18INO3. The molecule has 1 amide bonds. The van der Waals surface area contributed by atoms with Crippen LogP contribution in [0.2, 0.25) is 0 Å². The van der Waals surface area contributed by atoms with E-state index in [1.54, 1.807) is 4.90 Å². The highest BCUT2D eigenvalue weighted by molar-refractivity contribution is 14.1. The van der Waals surface area contributed by atoms with Crippen molar-refractivity contribution < 1.29 is 12.6 Å². The van der Waals surface area contributed by atoms with E-state index in [2.05, 4.69) is 0 Å². The molecule has 0 spiro atoms. The van der Waals surface area contributed by atoms with Crippen molar-refractivity contribution in [2.75, 3.05) is 6.54 Å². The quantitative estimate of drug-likeness (QED) is 0.689. The lowest BCUT2D eigenvalue weighted by atomic mass is 10.1. The Morgan fingerprint density at radius 2 is 2.19 bits per heavy atom. The van der Waals surface area contributed by atoms with Crippen LogP contribution in [0, 0.1) is 0 Å². The molecule has 5 heteroatoms. The molecule has 0 aromatic carbocycles. The van der Waals surface area contributed by atoms with Crippen LogP contribution in [0.15, 0.2) is 11.8 Å². The molecule has 1 heterocycles. The average Bonchev–Trinajstić information content (AvgIpc) is 2.14. The number of hydrogen-bond donors (Lipinski definition) is 0. The monoisotopic (exact) mass is 339 g/mol. The smallest absolute Gasteiger partial charge is 0.410 e. The number of nitrogens with zero attached hydrogens (tertiary/aromatic N) is 1. The first-order valence-electron chi connectivity index (χ1n) is 5.32. The highest BCUT2D eigenvalue weighted by atomic mass is 127. The van der Waals surface area contributed by atoms with Gasteiger partial charge in [-0.25, -0.2) is 4.79 Å². The Hall–Kier alpha value is -0.460. The van der Waals surface area contributed by atoms with Gasteiger partial charge in [-0.3, -0.25) is 0 Å². The Kier molecular flexibility index (Phi) is 4.46. The number of amides is 1. The zero-order valence-corrected chi connectivity index (χ0v) is 12.3. The van der Waals surface area contributed by atoms with E-state index in [-0.39, 0.29) is 12.1 Å². The van der Waals surface area contributed by atoms with Crippen LogP contribution in [-0.2, 0) is 7.80 Å². The highest BCUT2D eigenvalue weighted by Gasteiger charge is 2.28. The molecule has 0 aromatic heterocycles. The molecule has 0 aromatic rings. The Morgan fingerprint density at radius 1 is 1.56 bits per heavy atom. The molecule has 0 fully saturated rings. The Bertz CT molecular complexity index is 296. The maximum atomic E-state index is 11.9. The van der Waals surface area contributed by atoms with Crippen molar-refractivity contribution in [3.05, 3.63) is 11.8 Å². The minimum absolute atomic E-state index is 0.0216. The van der Waals surface area contributed by atoms with Crippen molar-refractivity contribution in [3.8, 4) is 0 Å². The molecule has 1 rings (SSSR count). The van der Waals surface area contributed by atoms with Crippen LogP contribution in [0.3, 0.4) is 0 Å². The number of hydrogen-bond acceptors (Lipinski definition) is 3. The largest absolute Gasteiger partial charge is 0.444 e. The van der Waals surface area contributed by atoms with Crippen molar-refractivity contribution in [2.45, 2.75) is 45.8 Å². The molecule has 1 aliphatic rings. The fourth-order valence-electron chi connectivity index (χ4n) is 1.52. The average molecular weight is 339 g/mol. The molecule has 16 heavy (non-hydrogen) atoms. The van der Waals surface area contributed by atoms with Gasteiger partial charge in [-0.2, -0.15) is 0 Å². The summed E-state index contributed by atoms with van der Waals surface area (Å²) in [5.41, 5.74) is -0.444. The zero-order valence-electron chi connectivity index (χ0n) is 10.1. The topological polar surface area (TPSA) is 38.8 Å². The van der Waals surface area contributed by atoms with E-state index in [1.807, 2.05) is 56.8 Å². The van der Waals surface area contributed by atoms with Crippen LogP contribution in [0.5, 0.6) is 0 Å². The van der Waals surface area contributed by atoms with Gasteiger partial charge in [-0.05, 0) is 33.8 Å². The molecule has 0 saturated carbocycles. The molecule has 0 saturated heterocycles. The lowest BCUT2D eigenvalue weighted by Crippen LogP contribution is -2.43. The molecule has 92 valence electrons. The van der Waals surface area contributed by atoms with Crippen LogP contribution in [0.25, 0.3) is 0 Å². The maximum absolute atomic E-state index is 11.9. The number of ether oxygens (including phenoxy) is 1. The van der Waals surface area contributed by atoms with Gasteiger partial charge in [0.15, 0.2) is 23.0 Å². The second-order valence-electron chi connectivity index (χ2n) is 4.87. The van der Waals surface area contributed by atoms with Crippen molar-refractivity contribution in [2.24, 2.45) is 0 Å². The number of rotatable bonds is 1. The van der Waals surface area contributed by atoms with Crippen molar-refractivity contribution >= 4 is 29.1 Å². The summed E-state index contributed by atoms with van der Waals surface area (Å²) in [4.78, 5) is 13.6. The number of carbonyl (C=O) groups is 1. The molecule has 1 unspecified atom stereocenters. The molecular weight excluding hydrogens is 321 g/mol. The normalized spacial score (nSPS) is 21.4. The highest BCUT2D eigenvalue weighted by Crippen LogP contribution is 2.21. The summed E-state index contributed by atoms with van der Waals surface area (Å²) in [6, 6.07) is 0.0216. The van der Waals surface area contributed by atoms with Gasteiger partial charge in [0.05, 0.1) is 6.04 Å². The second-order valence-corrected chi connectivity index (χ2v) is 5.31.